The third-order valence-electron chi connectivity index (χ3n) is 5.81. The number of anilines is 1. The number of hydrogen-bond acceptors (Lipinski definition) is 6. The molecule has 1 aliphatic heterocycles. The Bertz CT molecular complexity index is 1140. The van der Waals surface area contributed by atoms with Gasteiger partial charge in [-0.05, 0) is 54.1 Å². The molecule has 182 valence electrons. The van der Waals surface area contributed by atoms with E-state index in [-0.39, 0.29) is 24.7 Å². The maximum Gasteiger partial charge on any atom is 0.342 e. The molecule has 0 spiro atoms. The lowest BCUT2D eigenvalue weighted by Crippen LogP contribution is -2.49. The number of carbonyl (C=O) groups excluding carboxylic acids is 2. The summed E-state index contributed by atoms with van der Waals surface area (Å²) >= 11 is 5.92. The molecule has 0 aromatic heterocycles. The number of hydrogen-bond donors (Lipinski definition) is 0. The molecule has 3 aromatic carbocycles. The van der Waals surface area contributed by atoms with Crippen molar-refractivity contribution < 1.29 is 23.8 Å². The largest absolute Gasteiger partial charge is 0.497 e. The first kappa shape index (κ1) is 24.4. The van der Waals surface area contributed by atoms with Gasteiger partial charge in [0.15, 0.2) is 6.61 Å². The summed E-state index contributed by atoms with van der Waals surface area (Å²) in [6, 6.07) is 22.0. The Morgan fingerprint density at radius 3 is 2.26 bits per heavy atom. The zero-order chi connectivity index (χ0) is 24.6. The van der Waals surface area contributed by atoms with Crippen molar-refractivity contribution in [2.75, 3.05) is 44.8 Å². The molecule has 0 N–H and O–H groups in total. The van der Waals surface area contributed by atoms with Gasteiger partial charge in [0.1, 0.15) is 23.7 Å². The maximum absolute atomic E-state index is 12.7. The Morgan fingerprint density at radius 2 is 1.57 bits per heavy atom. The molecule has 1 amide bonds. The summed E-state index contributed by atoms with van der Waals surface area (Å²) in [5.41, 5.74) is 2.28. The number of para-hydroxylation sites is 1. The number of ether oxygens (including phenoxy) is 3. The van der Waals surface area contributed by atoms with Gasteiger partial charge in [0.2, 0.25) is 0 Å². The number of benzene rings is 3. The number of halogens is 1. The van der Waals surface area contributed by atoms with E-state index in [1.54, 1.807) is 48.4 Å². The fraction of sp³-hybridized carbons (Fsp3) is 0.259. The SMILES string of the molecule is COc1ccc(N2CCN(C(=O)COC(=O)c3ccccc3OCc3ccc(Cl)cc3)CC2)cc1. The minimum Gasteiger partial charge on any atom is -0.497 e. The Labute approximate surface area is 209 Å². The number of esters is 1. The molecule has 0 unspecified atom stereocenters. The number of carbonyl (C=O) groups is 2. The van der Waals surface area contributed by atoms with Gasteiger partial charge in [0.25, 0.3) is 5.91 Å². The maximum atomic E-state index is 12.7. The molecular formula is C27H27ClN2O5. The molecule has 35 heavy (non-hydrogen) atoms. The fourth-order valence-corrected chi connectivity index (χ4v) is 3.93. The second kappa shape index (κ2) is 11.6. The van der Waals surface area contributed by atoms with Crippen molar-refractivity contribution in [1.82, 2.24) is 4.90 Å². The minimum absolute atomic E-state index is 0.215. The first-order chi connectivity index (χ1) is 17.0. The smallest absolute Gasteiger partial charge is 0.342 e. The molecule has 1 saturated heterocycles. The summed E-state index contributed by atoms with van der Waals surface area (Å²) in [4.78, 5) is 29.3. The van der Waals surface area contributed by atoms with Crippen LogP contribution in [0.25, 0.3) is 0 Å². The third kappa shape index (κ3) is 6.45. The van der Waals surface area contributed by atoms with Crippen LogP contribution in [-0.2, 0) is 16.1 Å². The summed E-state index contributed by atoms with van der Waals surface area (Å²) < 4.78 is 16.4. The molecule has 0 bridgehead atoms. The average molecular weight is 495 g/mol. The number of piperazine rings is 1. The van der Waals surface area contributed by atoms with E-state index in [2.05, 4.69) is 4.90 Å². The molecular weight excluding hydrogens is 468 g/mol. The van der Waals surface area contributed by atoms with Gasteiger partial charge in [-0.1, -0.05) is 35.9 Å². The predicted molar refractivity (Wildman–Crippen MR) is 134 cm³/mol. The van der Waals surface area contributed by atoms with Crippen LogP contribution >= 0.6 is 11.6 Å². The van der Waals surface area contributed by atoms with E-state index in [4.69, 9.17) is 25.8 Å². The molecule has 8 heteroatoms. The highest BCUT2D eigenvalue weighted by Crippen LogP contribution is 2.22. The molecule has 1 fully saturated rings. The lowest BCUT2D eigenvalue weighted by molar-refractivity contribution is -0.134. The van der Waals surface area contributed by atoms with E-state index in [0.717, 1.165) is 17.0 Å². The Balaban J connectivity index is 1.27. The van der Waals surface area contributed by atoms with Crippen LogP contribution in [0, 0.1) is 0 Å². The van der Waals surface area contributed by atoms with Crippen LogP contribution in [0.1, 0.15) is 15.9 Å². The van der Waals surface area contributed by atoms with Crippen molar-refractivity contribution in [3.05, 3.63) is 88.9 Å². The van der Waals surface area contributed by atoms with Gasteiger partial charge >= 0.3 is 5.97 Å². The first-order valence-electron chi connectivity index (χ1n) is 11.3. The van der Waals surface area contributed by atoms with Crippen LogP contribution in [0.5, 0.6) is 11.5 Å². The average Bonchev–Trinajstić information content (AvgIpc) is 2.91. The highest BCUT2D eigenvalue weighted by atomic mass is 35.5. The zero-order valence-electron chi connectivity index (χ0n) is 19.5. The monoisotopic (exact) mass is 494 g/mol. The topological polar surface area (TPSA) is 68.3 Å². The second-order valence-corrected chi connectivity index (χ2v) is 8.49. The summed E-state index contributed by atoms with van der Waals surface area (Å²) in [7, 11) is 1.64. The summed E-state index contributed by atoms with van der Waals surface area (Å²) in [5, 5.41) is 0.643. The molecule has 0 saturated carbocycles. The molecule has 4 rings (SSSR count). The lowest BCUT2D eigenvalue weighted by Gasteiger charge is -2.36. The molecule has 0 radical (unpaired) electrons. The quantitative estimate of drug-likeness (QED) is 0.431. The number of rotatable bonds is 8. The Hall–Kier alpha value is -3.71. The third-order valence-corrected chi connectivity index (χ3v) is 6.06. The van der Waals surface area contributed by atoms with Gasteiger partial charge in [-0.3, -0.25) is 4.79 Å². The van der Waals surface area contributed by atoms with E-state index in [0.29, 0.717) is 37.0 Å². The summed E-state index contributed by atoms with van der Waals surface area (Å²) in [6.07, 6.45) is 0. The summed E-state index contributed by atoms with van der Waals surface area (Å²) in [5.74, 6) is 0.392. The van der Waals surface area contributed by atoms with Crippen molar-refractivity contribution in [3.8, 4) is 11.5 Å². The van der Waals surface area contributed by atoms with Gasteiger partial charge in [0, 0.05) is 36.9 Å². The van der Waals surface area contributed by atoms with Crippen molar-refractivity contribution >= 4 is 29.2 Å². The Kier molecular flexibility index (Phi) is 8.11. The van der Waals surface area contributed by atoms with E-state index in [9.17, 15) is 9.59 Å². The van der Waals surface area contributed by atoms with E-state index < -0.39 is 5.97 Å². The normalized spacial score (nSPS) is 13.3. The summed E-state index contributed by atoms with van der Waals surface area (Å²) in [6.45, 7) is 2.49. The molecule has 1 heterocycles. The minimum atomic E-state index is -0.595. The van der Waals surface area contributed by atoms with Gasteiger partial charge in [-0.15, -0.1) is 0 Å². The van der Waals surface area contributed by atoms with Crippen molar-refractivity contribution in [1.29, 1.82) is 0 Å². The van der Waals surface area contributed by atoms with Gasteiger partial charge < -0.3 is 24.0 Å². The number of amides is 1. The number of nitrogens with zero attached hydrogens (tertiary/aromatic N) is 2. The molecule has 0 atom stereocenters. The van der Waals surface area contributed by atoms with Crippen LogP contribution in [0.2, 0.25) is 5.02 Å². The first-order valence-corrected chi connectivity index (χ1v) is 11.7. The molecule has 1 aliphatic rings. The van der Waals surface area contributed by atoms with Crippen molar-refractivity contribution in [3.63, 3.8) is 0 Å². The predicted octanol–water partition coefficient (Wildman–Crippen LogP) is 4.43. The van der Waals surface area contributed by atoms with E-state index in [1.165, 1.54) is 0 Å². The van der Waals surface area contributed by atoms with Crippen LogP contribution in [-0.4, -0.2) is 56.7 Å². The molecule has 7 nitrogen and oxygen atoms in total. The van der Waals surface area contributed by atoms with Crippen molar-refractivity contribution in [2.45, 2.75) is 6.61 Å². The fourth-order valence-electron chi connectivity index (χ4n) is 3.81. The van der Waals surface area contributed by atoms with Crippen LogP contribution in [0.15, 0.2) is 72.8 Å². The lowest BCUT2D eigenvalue weighted by atomic mass is 10.2. The van der Waals surface area contributed by atoms with Crippen LogP contribution in [0.4, 0.5) is 5.69 Å². The molecule has 3 aromatic rings. The van der Waals surface area contributed by atoms with E-state index in [1.807, 2.05) is 36.4 Å². The van der Waals surface area contributed by atoms with Crippen LogP contribution < -0.4 is 14.4 Å². The highest BCUT2D eigenvalue weighted by Gasteiger charge is 2.23. The van der Waals surface area contributed by atoms with Crippen molar-refractivity contribution in [2.24, 2.45) is 0 Å². The van der Waals surface area contributed by atoms with Gasteiger partial charge in [-0.2, -0.15) is 0 Å². The van der Waals surface area contributed by atoms with E-state index >= 15 is 0 Å². The number of methoxy groups -OCH3 is 1. The standard InChI is InChI=1S/C27H27ClN2O5/c1-33-23-12-10-22(11-13-23)29-14-16-30(17-15-29)26(31)19-35-27(32)24-4-2-3-5-25(24)34-18-20-6-8-21(28)9-7-20/h2-13H,14-19H2,1H3. The van der Waals surface area contributed by atoms with Gasteiger partial charge in [-0.25, -0.2) is 4.79 Å². The zero-order valence-corrected chi connectivity index (χ0v) is 20.2. The second-order valence-electron chi connectivity index (χ2n) is 8.05. The highest BCUT2D eigenvalue weighted by molar-refractivity contribution is 6.30. The molecule has 0 aliphatic carbocycles. The van der Waals surface area contributed by atoms with Crippen LogP contribution in [0.3, 0.4) is 0 Å². The van der Waals surface area contributed by atoms with Gasteiger partial charge in [0.05, 0.1) is 7.11 Å². The Morgan fingerprint density at radius 1 is 0.886 bits per heavy atom.